The summed E-state index contributed by atoms with van der Waals surface area (Å²) in [5.74, 6) is 0.293. The number of nitrogens with zero attached hydrogens (tertiary/aromatic N) is 3. The Bertz CT molecular complexity index is 435. The topological polar surface area (TPSA) is 104 Å². The molecule has 0 bridgehead atoms. The summed E-state index contributed by atoms with van der Waals surface area (Å²) in [5.41, 5.74) is 5.24. The average molecular weight is 254 g/mol. The van der Waals surface area contributed by atoms with E-state index in [4.69, 9.17) is 10.5 Å². The molecule has 0 fully saturated rings. The summed E-state index contributed by atoms with van der Waals surface area (Å²) >= 11 is 0. The monoisotopic (exact) mass is 254 g/mol. The summed E-state index contributed by atoms with van der Waals surface area (Å²) < 4.78 is 5.34. The lowest BCUT2D eigenvalue weighted by atomic mass is 10.2. The van der Waals surface area contributed by atoms with Gasteiger partial charge in [0.15, 0.2) is 0 Å². The molecular formula is C11H18N4O3. The minimum absolute atomic E-state index is 0.0293. The van der Waals surface area contributed by atoms with Crippen LogP contribution in [-0.4, -0.2) is 21.5 Å². The first-order valence-electron chi connectivity index (χ1n) is 5.92. The highest BCUT2D eigenvalue weighted by molar-refractivity contribution is 5.58. The van der Waals surface area contributed by atoms with Crippen molar-refractivity contribution < 1.29 is 9.66 Å². The van der Waals surface area contributed by atoms with Gasteiger partial charge in [-0.1, -0.05) is 27.2 Å². The van der Waals surface area contributed by atoms with Crippen LogP contribution < -0.4 is 10.5 Å². The van der Waals surface area contributed by atoms with Gasteiger partial charge in [-0.25, -0.2) is 4.98 Å². The van der Waals surface area contributed by atoms with Crippen LogP contribution in [0.25, 0.3) is 0 Å². The van der Waals surface area contributed by atoms with Crippen LogP contribution in [0.5, 0.6) is 5.88 Å². The molecule has 0 spiro atoms. The molecule has 0 aliphatic rings. The third kappa shape index (κ3) is 3.28. The second-order valence-corrected chi connectivity index (χ2v) is 4.23. The van der Waals surface area contributed by atoms with Gasteiger partial charge in [-0.05, 0) is 6.42 Å². The third-order valence-corrected chi connectivity index (χ3v) is 2.33. The van der Waals surface area contributed by atoms with Gasteiger partial charge in [0.25, 0.3) is 5.88 Å². The lowest BCUT2D eigenvalue weighted by Gasteiger charge is -2.10. The highest BCUT2D eigenvalue weighted by Crippen LogP contribution is 2.31. The Morgan fingerprint density at radius 2 is 2.11 bits per heavy atom. The minimum Gasteiger partial charge on any atom is -0.473 e. The van der Waals surface area contributed by atoms with Crippen LogP contribution in [0.2, 0.25) is 0 Å². The van der Waals surface area contributed by atoms with Crippen LogP contribution in [0, 0.1) is 10.1 Å². The van der Waals surface area contributed by atoms with Gasteiger partial charge < -0.3 is 10.5 Å². The summed E-state index contributed by atoms with van der Waals surface area (Å²) in [6.45, 7) is 6.16. The predicted octanol–water partition coefficient (Wildman–Crippen LogP) is 2.27. The number of rotatable bonds is 6. The van der Waals surface area contributed by atoms with E-state index in [1.807, 2.05) is 20.8 Å². The second kappa shape index (κ2) is 6.13. The number of anilines is 1. The highest BCUT2D eigenvalue weighted by Gasteiger charge is 2.25. The maximum Gasteiger partial charge on any atom is 0.372 e. The smallest absolute Gasteiger partial charge is 0.372 e. The van der Waals surface area contributed by atoms with E-state index in [1.54, 1.807) is 0 Å². The van der Waals surface area contributed by atoms with E-state index in [-0.39, 0.29) is 23.3 Å². The van der Waals surface area contributed by atoms with Crippen molar-refractivity contribution in [3.05, 3.63) is 15.9 Å². The van der Waals surface area contributed by atoms with E-state index in [2.05, 4.69) is 9.97 Å². The fraction of sp³-hybridized carbons (Fsp3) is 0.636. The number of nitrogens with two attached hydrogens (primary N) is 1. The maximum atomic E-state index is 10.9. The molecule has 0 saturated heterocycles. The molecule has 7 heteroatoms. The molecule has 1 rings (SSSR count). The molecule has 0 aromatic carbocycles. The van der Waals surface area contributed by atoms with Crippen molar-refractivity contribution in [3.63, 3.8) is 0 Å². The summed E-state index contributed by atoms with van der Waals surface area (Å²) in [4.78, 5) is 18.3. The fourth-order valence-corrected chi connectivity index (χ4v) is 1.31. The molecule has 0 saturated carbocycles. The zero-order valence-corrected chi connectivity index (χ0v) is 10.8. The first-order chi connectivity index (χ1) is 8.47. The van der Waals surface area contributed by atoms with Crippen LogP contribution in [0.1, 0.15) is 45.4 Å². The van der Waals surface area contributed by atoms with E-state index in [0.29, 0.717) is 12.4 Å². The normalized spacial score (nSPS) is 10.7. The van der Waals surface area contributed by atoms with Crippen molar-refractivity contribution in [2.24, 2.45) is 0 Å². The average Bonchev–Trinajstić information content (AvgIpc) is 2.27. The molecule has 0 aliphatic heterocycles. The van der Waals surface area contributed by atoms with Crippen molar-refractivity contribution in [3.8, 4) is 5.88 Å². The largest absolute Gasteiger partial charge is 0.473 e. The third-order valence-electron chi connectivity index (χ3n) is 2.33. The lowest BCUT2D eigenvalue weighted by Crippen LogP contribution is -2.10. The zero-order chi connectivity index (χ0) is 13.7. The van der Waals surface area contributed by atoms with Gasteiger partial charge in [-0.3, -0.25) is 10.1 Å². The van der Waals surface area contributed by atoms with E-state index < -0.39 is 4.92 Å². The van der Waals surface area contributed by atoms with Gasteiger partial charge >= 0.3 is 5.69 Å². The molecule has 2 N–H and O–H groups in total. The van der Waals surface area contributed by atoms with Crippen LogP contribution >= 0.6 is 0 Å². The van der Waals surface area contributed by atoms with Crippen LogP contribution in [0.3, 0.4) is 0 Å². The number of nitrogen functional groups attached to an aromatic ring is 1. The van der Waals surface area contributed by atoms with E-state index in [1.165, 1.54) is 0 Å². The second-order valence-electron chi connectivity index (χ2n) is 4.23. The number of nitro groups is 1. The number of ether oxygens (including phenoxy) is 1. The SMILES string of the molecule is CCCCOc1nc(C(C)C)nc(N)c1[N+](=O)[O-]. The molecule has 0 radical (unpaired) electrons. The maximum absolute atomic E-state index is 10.9. The quantitative estimate of drug-likeness (QED) is 0.474. The van der Waals surface area contributed by atoms with Gasteiger partial charge in [0.2, 0.25) is 5.82 Å². The van der Waals surface area contributed by atoms with Crippen molar-refractivity contribution in [1.29, 1.82) is 0 Å². The Morgan fingerprint density at radius 1 is 1.44 bits per heavy atom. The Labute approximate surface area is 106 Å². The Kier molecular flexibility index (Phi) is 4.82. The van der Waals surface area contributed by atoms with Crippen molar-refractivity contribution in [1.82, 2.24) is 9.97 Å². The first-order valence-corrected chi connectivity index (χ1v) is 5.92. The molecule has 0 aliphatic carbocycles. The summed E-state index contributed by atoms with van der Waals surface area (Å²) in [5, 5.41) is 10.9. The van der Waals surface area contributed by atoms with Crippen molar-refractivity contribution in [2.75, 3.05) is 12.3 Å². The number of aromatic nitrogens is 2. The molecule has 7 nitrogen and oxygen atoms in total. The number of hydrogen-bond acceptors (Lipinski definition) is 6. The summed E-state index contributed by atoms with van der Waals surface area (Å²) in [6.07, 6.45) is 1.74. The fourth-order valence-electron chi connectivity index (χ4n) is 1.31. The van der Waals surface area contributed by atoms with Gasteiger partial charge in [0, 0.05) is 5.92 Å². The van der Waals surface area contributed by atoms with Gasteiger partial charge in [0.05, 0.1) is 11.5 Å². The zero-order valence-electron chi connectivity index (χ0n) is 10.8. The van der Waals surface area contributed by atoms with Crippen LogP contribution in [0.15, 0.2) is 0 Å². The summed E-state index contributed by atoms with van der Waals surface area (Å²) in [6, 6.07) is 0. The van der Waals surface area contributed by atoms with Crippen LogP contribution in [-0.2, 0) is 0 Å². The Morgan fingerprint density at radius 3 is 2.61 bits per heavy atom. The molecule has 0 unspecified atom stereocenters. The highest BCUT2D eigenvalue weighted by atomic mass is 16.6. The molecule has 1 aromatic rings. The lowest BCUT2D eigenvalue weighted by molar-refractivity contribution is -0.385. The van der Waals surface area contributed by atoms with Gasteiger partial charge in [0.1, 0.15) is 5.82 Å². The van der Waals surface area contributed by atoms with E-state index in [9.17, 15) is 10.1 Å². The molecule has 1 aromatic heterocycles. The van der Waals surface area contributed by atoms with Gasteiger partial charge in [-0.2, -0.15) is 4.98 Å². The number of hydrogen-bond donors (Lipinski definition) is 1. The molecule has 0 amide bonds. The molecule has 1 heterocycles. The van der Waals surface area contributed by atoms with Crippen molar-refractivity contribution >= 4 is 11.5 Å². The summed E-state index contributed by atoms with van der Waals surface area (Å²) in [7, 11) is 0. The molecule has 18 heavy (non-hydrogen) atoms. The van der Waals surface area contributed by atoms with E-state index >= 15 is 0 Å². The Hall–Kier alpha value is -1.92. The molecular weight excluding hydrogens is 236 g/mol. The van der Waals surface area contributed by atoms with Gasteiger partial charge in [-0.15, -0.1) is 0 Å². The Balaban J connectivity index is 3.12. The standard InChI is InChI=1S/C11H18N4O3/c1-4-5-6-18-11-8(15(16)17)9(12)13-10(14-11)7(2)3/h7H,4-6H2,1-3H3,(H2,12,13,14). The van der Waals surface area contributed by atoms with Crippen LogP contribution in [0.4, 0.5) is 11.5 Å². The van der Waals surface area contributed by atoms with E-state index in [0.717, 1.165) is 12.8 Å². The first kappa shape index (κ1) is 14.1. The number of unbranched alkanes of at least 4 members (excludes halogenated alkanes) is 1. The molecule has 100 valence electrons. The van der Waals surface area contributed by atoms with Crippen molar-refractivity contribution in [2.45, 2.75) is 39.5 Å². The minimum atomic E-state index is -0.610. The molecule has 0 atom stereocenters. The predicted molar refractivity (Wildman–Crippen MR) is 67.6 cm³/mol.